The number of hydrogen-bond donors (Lipinski definition) is 2. The van der Waals surface area contributed by atoms with Gasteiger partial charge in [0, 0.05) is 22.1 Å². The van der Waals surface area contributed by atoms with E-state index in [9.17, 15) is 8.42 Å². The Balaban J connectivity index is 2.35. The number of aryl methyl sites for hydroxylation is 1. The minimum Gasteiger partial charge on any atom is -0.315 e. The van der Waals surface area contributed by atoms with Crippen molar-refractivity contribution in [1.29, 1.82) is 0 Å². The first-order valence-corrected chi connectivity index (χ1v) is 8.68. The maximum Gasteiger partial charge on any atom is 0.263 e. The molecule has 7 heteroatoms. The minimum absolute atomic E-state index is 0.354. The van der Waals surface area contributed by atoms with Gasteiger partial charge in [-0.25, -0.2) is 8.42 Å². The number of nitrogens with one attached hydrogen (secondary N) is 2. The zero-order valence-corrected chi connectivity index (χ0v) is 13.5. The summed E-state index contributed by atoms with van der Waals surface area (Å²) in [5, 5.41) is 5.40. The molecule has 2 N–H and O–H groups in total. The van der Waals surface area contributed by atoms with Gasteiger partial charge in [-0.3, -0.25) is 4.72 Å². The van der Waals surface area contributed by atoms with Crippen LogP contribution in [-0.2, 0) is 16.6 Å². The zero-order chi connectivity index (χ0) is 14.8. The molecule has 0 unspecified atom stereocenters. The van der Waals surface area contributed by atoms with Crippen LogP contribution in [0.3, 0.4) is 0 Å². The van der Waals surface area contributed by atoms with Crippen molar-refractivity contribution in [3.8, 4) is 0 Å². The van der Waals surface area contributed by atoms with E-state index in [0.29, 0.717) is 22.2 Å². The molecule has 0 aliphatic heterocycles. The van der Waals surface area contributed by atoms with Gasteiger partial charge in [-0.2, -0.15) is 0 Å². The maximum absolute atomic E-state index is 12.5. The van der Waals surface area contributed by atoms with Gasteiger partial charge in [0.2, 0.25) is 0 Å². The van der Waals surface area contributed by atoms with Crippen molar-refractivity contribution in [3.63, 3.8) is 0 Å². The lowest BCUT2D eigenvalue weighted by Gasteiger charge is -2.10. The van der Waals surface area contributed by atoms with Gasteiger partial charge in [-0.15, -0.1) is 11.3 Å². The van der Waals surface area contributed by atoms with Gasteiger partial charge in [0.1, 0.15) is 4.90 Å². The fourth-order valence-electron chi connectivity index (χ4n) is 1.85. The number of anilines is 1. The van der Waals surface area contributed by atoms with Crippen molar-refractivity contribution in [1.82, 2.24) is 5.32 Å². The summed E-state index contributed by atoms with van der Waals surface area (Å²) < 4.78 is 27.6. The average molecular weight is 331 g/mol. The molecule has 0 aliphatic rings. The molecule has 0 atom stereocenters. The second kappa shape index (κ2) is 6.13. The van der Waals surface area contributed by atoms with Crippen LogP contribution >= 0.6 is 22.9 Å². The molecule has 0 bridgehead atoms. The lowest BCUT2D eigenvalue weighted by molar-refractivity contribution is 0.599. The molecule has 0 radical (unpaired) electrons. The second-order valence-electron chi connectivity index (χ2n) is 4.31. The molecule has 2 rings (SSSR count). The largest absolute Gasteiger partial charge is 0.315 e. The van der Waals surface area contributed by atoms with Crippen LogP contribution < -0.4 is 10.0 Å². The number of sulfonamides is 1. The average Bonchev–Trinajstić information content (AvgIpc) is 2.74. The van der Waals surface area contributed by atoms with Gasteiger partial charge in [0.15, 0.2) is 0 Å². The van der Waals surface area contributed by atoms with Crippen molar-refractivity contribution in [3.05, 3.63) is 45.1 Å². The van der Waals surface area contributed by atoms with Crippen molar-refractivity contribution >= 4 is 38.6 Å². The highest BCUT2D eigenvalue weighted by atomic mass is 35.5. The maximum atomic E-state index is 12.5. The van der Waals surface area contributed by atoms with E-state index in [-0.39, 0.29) is 0 Å². The molecule has 4 nitrogen and oxygen atoms in total. The summed E-state index contributed by atoms with van der Waals surface area (Å²) in [5.74, 6) is 0. The van der Waals surface area contributed by atoms with E-state index in [2.05, 4.69) is 10.0 Å². The van der Waals surface area contributed by atoms with Crippen molar-refractivity contribution < 1.29 is 8.42 Å². The Morgan fingerprint density at radius 3 is 2.50 bits per heavy atom. The Bertz CT molecular complexity index is 694. The van der Waals surface area contributed by atoms with Crippen molar-refractivity contribution in [2.24, 2.45) is 0 Å². The number of benzene rings is 1. The van der Waals surface area contributed by atoms with E-state index in [1.54, 1.807) is 38.2 Å². The fourth-order valence-corrected chi connectivity index (χ4v) is 4.86. The summed E-state index contributed by atoms with van der Waals surface area (Å²) in [4.78, 5) is 1.15. The summed E-state index contributed by atoms with van der Waals surface area (Å²) in [6.07, 6.45) is 0. The van der Waals surface area contributed by atoms with Gasteiger partial charge >= 0.3 is 0 Å². The standard InChI is InChI=1S/C13H15ClN2O2S2/c1-9-8-19-12(7-15-2)13(9)20(17,18)16-11-5-3-10(14)4-6-11/h3-6,8,15-16H,7H2,1-2H3. The molecule has 0 saturated carbocycles. The third-order valence-corrected chi connectivity index (χ3v) is 5.79. The van der Waals surface area contributed by atoms with Crippen LogP contribution in [0.4, 0.5) is 5.69 Å². The molecule has 0 aliphatic carbocycles. The van der Waals surface area contributed by atoms with E-state index in [4.69, 9.17) is 11.6 Å². The van der Waals surface area contributed by atoms with Gasteiger partial charge in [-0.05, 0) is 49.2 Å². The van der Waals surface area contributed by atoms with E-state index in [0.717, 1.165) is 10.4 Å². The van der Waals surface area contributed by atoms with E-state index in [1.807, 2.05) is 5.38 Å². The Hall–Kier alpha value is -1.08. The molecule has 20 heavy (non-hydrogen) atoms. The Morgan fingerprint density at radius 2 is 1.90 bits per heavy atom. The smallest absolute Gasteiger partial charge is 0.263 e. The summed E-state index contributed by atoms with van der Waals surface area (Å²) in [6.45, 7) is 2.32. The first kappa shape index (κ1) is 15.3. The lowest BCUT2D eigenvalue weighted by Crippen LogP contribution is -2.16. The van der Waals surface area contributed by atoms with Crippen molar-refractivity contribution in [2.45, 2.75) is 18.4 Å². The van der Waals surface area contributed by atoms with Gasteiger partial charge in [0.25, 0.3) is 10.0 Å². The van der Waals surface area contributed by atoms with Crippen LogP contribution in [0.15, 0.2) is 34.5 Å². The first-order chi connectivity index (χ1) is 9.44. The summed E-state index contributed by atoms with van der Waals surface area (Å²) in [5.41, 5.74) is 1.25. The van der Waals surface area contributed by atoms with E-state index in [1.165, 1.54) is 11.3 Å². The summed E-state index contributed by atoms with van der Waals surface area (Å²) in [7, 11) is -1.80. The second-order valence-corrected chi connectivity index (χ2v) is 7.33. The molecular weight excluding hydrogens is 316 g/mol. The number of thiophene rings is 1. The Labute approximate surface area is 127 Å². The van der Waals surface area contributed by atoms with Gasteiger partial charge < -0.3 is 5.32 Å². The Kier molecular flexibility index (Phi) is 4.70. The van der Waals surface area contributed by atoms with E-state index >= 15 is 0 Å². The fraction of sp³-hybridized carbons (Fsp3) is 0.231. The molecule has 0 fully saturated rings. The third kappa shape index (κ3) is 3.32. The molecule has 1 aromatic heterocycles. The summed E-state index contributed by atoms with van der Waals surface area (Å²) >= 11 is 7.23. The van der Waals surface area contributed by atoms with Gasteiger partial charge in [-0.1, -0.05) is 11.6 Å². The van der Waals surface area contributed by atoms with Crippen LogP contribution in [0, 0.1) is 6.92 Å². The van der Waals surface area contributed by atoms with Crippen LogP contribution in [0.1, 0.15) is 10.4 Å². The molecule has 0 saturated heterocycles. The highest BCUT2D eigenvalue weighted by Gasteiger charge is 2.22. The van der Waals surface area contributed by atoms with Crippen LogP contribution in [0.25, 0.3) is 0 Å². The third-order valence-electron chi connectivity index (χ3n) is 2.69. The number of rotatable bonds is 5. The van der Waals surface area contributed by atoms with Crippen molar-refractivity contribution in [2.75, 3.05) is 11.8 Å². The lowest BCUT2D eigenvalue weighted by atomic mass is 10.3. The molecule has 2 aromatic rings. The molecule has 0 spiro atoms. The van der Waals surface area contributed by atoms with Crippen LogP contribution in [0.2, 0.25) is 5.02 Å². The predicted octanol–water partition coefficient (Wildman–Crippen LogP) is 3.23. The first-order valence-electron chi connectivity index (χ1n) is 5.94. The highest BCUT2D eigenvalue weighted by molar-refractivity contribution is 7.93. The van der Waals surface area contributed by atoms with E-state index < -0.39 is 10.0 Å². The molecule has 1 heterocycles. The zero-order valence-electron chi connectivity index (χ0n) is 11.1. The topological polar surface area (TPSA) is 58.2 Å². The molecule has 1 aromatic carbocycles. The van der Waals surface area contributed by atoms with Crippen LogP contribution in [-0.4, -0.2) is 15.5 Å². The highest BCUT2D eigenvalue weighted by Crippen LogP contribution is 2.28. The number of hydrogen-bond acceptors (Lipinski definition) is 4. The Morgan fingerprint density at radius 1 is 1.25 bits per heavy atom. The monoisotopic (exact) mass is 330 g/mol. The number of halogens is 1. The minimum atomic E-state index is -3.59. The normalized spacial score (nSPS) is 11.6. The quantitative estimate of drug-likeness (QED) is 0.885. The molecule has 108 valence electrons. The van der Waals surface area contributed by atoms with Gasteiger partial charge in [0.05, 0.1) is 0 Å². The summed E-state index contributed by atoms with van der Waals surface area (Å²) in [6, 6.07) is 6.57. The predicted molar refractivity (Wildman–Crippen MR) is 84.1 cm³/mol. The SMILES string of the molecule is CNCc1scc(C)c1S(=O)(=O)Nc1ccc(Cl)cc1. The van der Waals surface area contributed by atoms with Crippen LogP contribution in [0.5, 0.6) is 0 Å². The molecule has 0 amide bonds. The molecular formula is C13H15ClN2O2S2.